The average Bonchev–Trinajstić information content (AvgIpc) is 2.06. The molecular formula is C8H19N3S. The molecule has 1 N–H and O–H groups in total. The molecule has 4 heteroatoms. The van der Waals surface area contributed by atoms with Crippen LogP contribution in [0.2, 0.25) is 0 Å². The van der Waals surface area contributed by atoms with E-state index in [-0.39, 0.29) is 1.43 Å². The van der Waals surface area contributed by atoms with Crippen molar-refractivity contribution in [1.29, 1.82) is 0 Å². The van der Waals surface area contributed by atoms with Gasteiger partial charge in [-0.05, 0) is 26.2 Å². The molecule has 1 aliphatic rings. The number of hydrogen-bond donors (Lipinski definition) is 1. The van der Waals surface area contributed by atoms with E-state index in [9.17, 15) is 0 Å². The van der Waals surface area contributed by atoms with Crippen molar-refractivity contribution in [1.82, 2.24) is 15.1 Å². The van der Waals surface area contributed by atoms with Gasteiger partial charge in [-0.2, -0.15) is 0 Å². The lowest BCUT2D eigenvalue weighted by molar-refractivity contribution is 0.214. The van der Waals surface area contributed by atoms with Crippen molar-refractivity contribution in [2.75, 3.05) is 39.8 Å². The maximum atomic E-state index is 5.21. The highest BCUT2D eigenvalue weighted by Crippen LogP contribution is 1.98. The summed E-state index contributed by atoms with van der Waals surface area (Å²) in [6, 6.07) is 0. The Labute approximate surface area is 81.2 Å². The fourth-order valence-electron chi connectivity index (χ4n) is 1.27. The van der Waals surface area contributed by atoms with Crippen molar-refractivity contribution in [3.8, 4) is 0 Å². The lowest BCUT2D eigenvalue weighted by Gasteiger charge is -2.34. The van der Waals surface area contributed by atoms with E-state index in [1.165, 1.54) is 0 Å². The molecule has 0 unspecified atom stereocenters. The molecule has 1 saturated heterocycles. The Morgan fingerprint density at radius 3 is 2.50 bits per heavy atom. The van der Waals surface area contributed by atoms with Crippen molar-refractivity contribution < 1.29 is 1.43 Å². The van der Waals surface area contributed by atoms with Gasteiger partial charge in [-0.25, -0.2) is 0 Å². The molecule has 0 saturated carbocycles. The molecule has 0 bridgehead atoms. The van der Waals surface area contributed by atoms with Crippen LogP contribution in [0.1, 0.15) is 8.35 Å². The first kappa shape index (κ1) is 9.74. The minimum atomic E-state index is 0. The van der Waals surface area contributed by atoms with E-state index in [2.05, 4.69) is 29.1 Å². The molecule has 1 aliphatic heterocycles. The predicted molar refractivity (Wildman–Crippen MR) is 57.5 cm³/mol. The van der Waals surface area contributed by atoms with Crippen molar-refractivity contribution in [3.63, 3.8) is 0 Å². The standard InChI is InChI=1S/C8H17N3S.H2/c1-3-9-8(12)11-6-4-10(2)5-7-11;/h3-7H2,1-2H3,(H,9,12);1H. The summed E-state index contributed by atoms with van der Waals surface area (Å²) in [6.45, 7) is 7.34. The largest absolute Gasteiger partial charge is 0.363 e. The van der Waals surface area contributed by atoms with Crippen molar-refractivity contribution in [2.45, 2.75) is 6.92 Å². The van der Waals surface area contributed by atoms with Gasteiger partial charge in [0.25, 0.3) is 0 Å². The first-order chi connectivity index (χ1) is 5.74. The van der Waals surface area contributed by atoms with E-state index >= 15 is 0 Å². The lowest BCUT2D eigenvalue weighted by Crippen LogP contribution is -2.50. The molecule has 3 nitrogen and oxygen atoms in total. The SMILES string of the molecule is CCNC(=S)N1CCN(C)CC1.[HH]. The quantitative estimate of drug-likeness (QED) is 0.601. The van der Waals surface area contributed by atoms with E-state index in [0.717, 1.165) is 37.8 Å². The Balaban J connectivity index is 0.00000144. The summed E-state index contributed by atoms with van der Waals surface area (Å²) in [5.41, 5.74) is 0. The van der Waals surface area contributed by atoms with Crippen LogP contribution in [0.5, 0.6) is 0 Å². The molecule has 0 amide bonds. The van der Waals surface area contributed by atoms with E-state index < -0.39 is 0 Å². The zero-order valence-electron chi connectivity index (χ0n) is 7.84. The molecule has 1 fully saturated rings. The number of thiocarbonyl (C=S) groups is 1. The highest BCUT2D eigenvalue weighted by atomic mass is 32.1. The van der Waals surface area contributed by atoms with Gasteiger partial charge in [0.05, 0.1) is 0 Å². The van der Waals surface area contributed by atoms with E-state index in [1.54, 1.807) is 0 Å². The second-order valence-corrected chi connectivity index (χ2v) is 3.51. The van der Waals surface area contributed by atoms with Crippen LogP contribution in [-0.2, 0) is 0 Å². The lowest BCUT2D eigenvalue weighted by atomic mass is 10.3. The van der Waals surface area contributed by atoms with Crippen LogP contribution >= 0.6 is 12.2 Å². The van der Waals surface area contributed by atoms with Gasteiger partial charge in [-0.3, -0.25) is 0 Å². The van der Waals surface area contributed by atoms with Crippen LogP contribution in [0.25, 0.3) is 0 Å². The van der Waals surface area contributed by atoms with Crippen molar-refractivity contribution >= 4 is 17.3 Å². The third kappa shape index (κ3) is 2.60. The zero-order valence-corrected chi connectivity index (χ0v) is 8.65. The summed E-state index contributed by atoms with van der Waals surface area (Å²) >= 11 is 5.21. The molecule has 12 heavy (non-hydrogen) atoms. The first-order valence-electron chi connectivity index (χ1n) is 4.45. The highest BCUT2D eigenvalue weighted by molar-refractivity contribution is 7.80. The fourth-order valence-corrected chi connectivity index (χ4v) is 1.60. The smallest absolute Gasteiger partial charge is 0.169 e. The maximum absolute atomic E-state index is 5.21. The summed E-state index contributed by atoms with van der Waals surface area (Å²) in [4.78, 5) is 4.56. The number of piperazine rings is 1. The average molecular weight is 189 g/mol. The predicted octanol–water partition coefficient (Wildman–Crippen LogP) is 0.374. The molecular weight excluding hydrogens is 170 g/mol. The van der Waals surface area contributed by atoms with Crippen LogP contribution < -0.4 is 5.32 Å². The molecule has 0 aromatic rings. The molecule has 0 atom stereocenters. The summed E-state index contributed by atoms with van der Waals surface area (Å²) in [5, 5.41) is 4.08. The third-order valence-corrected chi connectivity index (χ3v) is 2.52. The second-order valence-electron chi connectivity index (χ2n) is 3.13. The normalized spacial score (nSPS) is 19.3. The first-order valence-corrected chi connectivity index (χ1v) is 4.86. The van der Waals surface area contributed by atoms with Gasteiger partial charge >= 0.3 is 0 Å². The third-order valence-electron chi connectivity index (χ3n) is 2.12. The minimum Gasteiger partial charge on any atom is -0.363 e. The highest BCUT2D eigenvalue weighted by Gasteiger charge is 2.14. The zero-order chi connectivity index (χ0) is 8.97. The number of rotatable bonds is 1. The van der Waals surface area contributed by atoms with Gasteiger partial charge in [-0.1, -0.05) is 0 Å². The van der Waals surface area contributed by atoms with Crippen LogP contribution in [0.15, 0.2) is 0 Å². The summed E-state index contributed by atoms with van der Waals surface area (Å²) in [5.74, 6) is 0. The second kappa shape index (κ2) is 4.62. The Morgan fingerprint density at radius 2 is 2.00 bits per heavy atom. The van der Waals surface area contributed by atoms with Crippen LogP contribution in [0, 0.1) is 0 Å². The van der Waals surface area contributed by atoms with Crippen molar-refractivity contribution in [3.05, 3.63) is 0 Å². The van der Waals surface area contributed by atoms with E-state index in [4.69, 9.17) is 12.2 Å². The molecule has 0 aliphatic carbocycles. The number of nitrogens with zero attached hydrogens (tertiary/aromatic N) is 2. The Hall–Kier alpha value is -0.350. The van der Waals surface area contributed by atoms with Gasteiger partial charge in [0.15, 0.2) is 5.11 Å². The molecule has 0 aromatic heterocycles. The van der Waals surface area contributed by atoms with Gasteiger partial charge in [0.2, 0.25) is 0 Å². The number of hydrogen-bond acceptors (Lipinski definition) is 2. The van der Waals surface area contributed by atoms with Crippen molar-refractivity contribution in [2.24, 2.45) is 0 Å². The minimum absolute atomic E-state index is 0. The molecule has 1 heterocycles. The summed E-state index contributed by atoms with van der Waals surface area (Å²) < 4.78 is 0. The Kier molecular flexibility index (Phi) is 3.75. The van der Waals surface area contributed by atoms with Crippen LogP contribution in [-0.4, -0.2) is 54.7 Å². The molecule has 1 rings (SSSR count). The van der Waals surface area contributed by atoms with E-state index in [1.807, 2.05) is 0 Å². The Bertz CT molecular complexity index is 157. The summed E-state index contributed by atoms with van der Waals surface area (Å²) in [7, 11) is 2.15. The molecule has 0 aromatic carbocycles. The van der Waals surface area contributed by atoms with Crippen LogP contribution in [0.3, 0.4) is 0 Å². The molecule has 0 spiro atoms. The molecule has 0 radical (unpaired) electrons. The van der Waals surface area contributed by atoms with E-state index in [0.29, 0.717) is 0 Å². The molecule has 72 valence electrons. The van der Waals surface area contributed by atoms with Gasteiger partial charge in [0, 0.05) is 34.2 Å². The van der Waals surface area contributed by atoms with Gasteiger partial charge in [-0.15, -0.1) is 0 Å². The monoisotopic (exact) mass is 189 g/mol. The van der Waals surface area contributed by atoms with Gasteiger partial charge < -0.3 is 15.1 Å². The topological polar surface area (TPSA) is 18.5 Å². The maximum Gasteiger partial charge on any atom is 0.169 e. The van der Waals surface area contributed by atoms with Crippen LogP contribution in [0.4, 0.5) is 0 Å². The number of likely N-dealkylation sites (N-methyl/N-ethyl adjacent to an activating group) is 1. The Morgan fingerprint density at radius 1 is 1.42 bits per heavy atom. The summed E-state index contributed by atoms with van der Waals surface area (Å²) in [6.07, 6.45) is 0. The fraction of sp³-hybridized carbons (Fsp3) is 0.875. The van der Waals surface area contributed by atoms with Gasteiger partial charge in [0.1, 0.15) is 0 Å². The number of nitrogens with one attached hydrogen (secondary N) is 1.